The summed E-state index contributed by atoms with van der Waals surface area (Å²) in [5.41, 5.74) is -0.528. The fourth-order valence-electron chi connectivity index (χ4n) is 3.09. The van der Waals surface area contributed by atoms with Crippen molar-refractivity contribution in [2.24, 2.45) is 0 Å². The number of rotatable bonds is 14. The topological polar surface area (TPSA) is 134 Å². The van der Waals surface area contributed by atoms with Crippen LogP contribution in [0.3, 0.4) is 0 Å². The minimum Gasteiger partial charge on any atom is -0.504 e. The highest BCUT2D eigenvalue weighted by Crippen LogP contribution is 2.43. The van der Waals surface area contributed by atoms with Gasteiger partial charge >= 0.3 is 0 Å². The molecular formula is C25H30N2O7. The van der Waals surface area contributed by atoms with Gasteiger partial charge in [0.05, 0.1) is 13.2 Å². The number of carbonyl (C=O) groups excluding carboxylic acids is 2. The van der Waals surface area contributed by atoms with Crippen LogP contribution in [0.4, 0.5) is 0 Å². The van der Waals surface area contributed by atoms with Gasteiger partial charge in [-0.1, -0.05) is 37.4 Å². The van der Waals surface area contributed by atoms with Crippen LogP contribution < -0.4 is 25.5 Å². The molecule has 9 nitrogen and oxygen atoms in total. The minimum atomic E-state index is -0.591. The first-order valence-electron chi connectivity index (χ1n) is 11.0. The van der Waals surface area contributed by atoms with Crippen molar-refractivity contribution in [2.75, 3.05) is 26.3 Å². The molecule has 4 N–H and O–H groups in total. The minimum absolute atomic E-state index is 0.112. The maximum atomic E-state index is 13.2. The number of amides is 2. The molecule has 0 aliphatic carbocycles. The molecule has 0 aliphatic rings. The molecule has 0 saturated carbocycles. The first kappa shape index (κ1) is 26.2. The monoisotopic (exact) mass is 470 g/mol. The maximum Gasteiger partial charge on any atom is 0.243 e. The molecule has 0 atom stereocenters. The highest BCUT2D eigenvalue weighted by molar-refractivity contribution is 5.91. The third-order valence-corrected chi connectivity index (χ3v) is 4.88. The number of carbonyl (C=O) groups is 2. The summed E-state index contributed by atoms with van der Waals surface area (Å²) in [5, 5.41) is 26.9. The number of hydrogen-bond donors (Lipinski definition) is 4. The summed E-state index contributed by atoms with van der Waals surface area (Å²) in [6.07, 6.45) is 4.57. The maximum absolute atomic E-state index is 13.2. The molecule has 0 unspecified atom stereocenters. The summed E-state index contributed by atoms with van der Waals surface area (Å²) in [4.78, 5) is 35.6. The Morgan fingerprint density at radius 1 is 0.794 bits per heavy atom. The van der Waals surface area contributed by atoms with Crippen LogP contribution in [0.1, 0.15) is 25.7 Å². The molecule has 2 amide bonds. The SMILES string of the molecule is C=CC(=O)NCCCCOc1c(O)c(O)c2ccccc2c(=O)c1OCCCCNC(=O)C=C. The predicted molar refractivity (Wildman–Crippen MR) is 129 cm³/mol. The summed E-state index contributed by atoms with van der Waals surface area (Å²) in [5.74, 6) is -2.07. The van der Waals surface area contributed by atoms with Crippen LogP contribution in [0.25, 0.3) is 10.8 Å². The van der Waals surface area contributed by atoms with Crippen molar-refractivity contribution in [3.05, 3.63) is 59.8 Å². The molecule has 2 aromatic rings. The van der Waals surface area contributed by atoms with Crippen molar-refractivity contribution in [3.8, 4) is 23.0 Å². The van der Waals surface area contributed by atoms with E-state index in [1.807, 2.05) is 0 Å². The van der Waals surface area contributed by atoms with E-state index in [1.54, 1.807) is 12.1 Å². The number of ether oxygens (including phenoxy) is 2. The Bertz CT molecular complexity index is 1100. The molecule has 0 bridgehead atoms. The molecule has 182 valence electrons. The van der Waals surface area contributed by atoms with Gasteiger partial charge in [0.15, 0.2) is 5.75 Å². The number of benzene rings is 1. The summed E-state index contributed by atoms with van der Waals surface area (Å²) in [6, 6.07) is 6.33. The normalized spacial score (nSPS) is 10.4. The lowest BCUT2D eigenvalue weighted by Crippen LogP contribution is -2.22. The lowest BCUT2D eigenvalue weighted by molar-refractivity contribution is -0.117. The average Bonchev–Trinajstić information content (AvgIpc) is 2.93. The lowest BCUT2D eigenvalue weighted by Gasteiger charge is -2.12. The van der Waals surface area contributed by atoms with E-state index in [0.29, 0.717) is 38.8 Å². The number of nitrogens with one attached hydrogen (secondary N) is 2. The molecule has 0 radical (unpaired) electrons. The van der Waals surface area contributed by atoms with E-state index >= 15 is 0 Å². The highest BCUT2D eigenvalue weighted by Gasteiger charge is 2.21. The van der Waals surface area contributed by atoms with Crippen LogP contribution in [-0.2, 0) is 9.59 Å². The first-order chi connectivity index (χ1) is 16.4. The summed E-state index contributed by atoms with van der Waals surface area (Å²) < 4.78 is 11.4. The molecule has 34 heavy (non-hydrogen) atoms. The van der Waals surface area contributed by atoms with Crippen molar-refractivity contribution >= 4 is 22.6 Å². The van der Waals surface area contributed by atoms with Crippen molar-refractivity contribution in [1.29, 1.82) is 0 Å². The Morgan fingerprint density at radius 3 is 1.82 bits per heavy atom. The molecule has 0 saturated heterocycles. The predicted octanol–water partition coefficient (Wildman–Crippen LogP) is 2.53. The molecule has 9 heteroatoms. The highest BCUT2D eigenvalue weighted by atomic mass is 16.5. The summed E-state index contributed by atoms with van der Waals surface area (Å²) in [6.45, 7) is 7.83. The average molecular weight is 471 g/mol. The van der Waals surface area contributed by atoms with Gasteiger partial charge in [-0.2, -0.15) is 0 Å². The Morgan fingerprint density at radius 2 is 1.29 bits per heavy atom. The fourth-order valence-corrected chi connectivity index (χ4v) is 3.09. The lowest BCUT2D eigenvalue weighted by atomic mass is 10.2. The van der Waals surface area contributed by atoms with Gasteiger partial charge in [-0.3, -0.25) is 14.4 Å². The fraction of sp³-hybridized carbons (Fsp3) is 0.320. The second-order valence-electron chi connectivity index (χ2n) is 7.33. The van der Waals surface area contributed by atoms with Gasteiger partial charge in [0.25, 0.3) is 0 Å². The standard InChI is InChI=1S/C25H30N2O7/c1-3-19(28)26-13-7-9-15-33-24-22(31)18-12-6-5-11-17(18)21(30)23(32)25(24)34-16-10-8-14-27-20(29)4-2/h3-6,11-12,30,32H,1-2,7-10,13-16H2,(H,26,28)(H,27,29). The van der Waals surface area contributed by atoms with Gasteiger partial charge in [0, 0.05) is 23.9 Å². The van der Waals surface area contributed by atoms with Gasteiger partial charge in [0.2, 0.25) is 34.5 Å². The van der Waals surface area contributed by atoms with E-state index in [4.69, 9.17) is 9.47 Å². The number of aromatic hydroxyl groups is 2. The molecule has 0 aromatic heterocycles. The third kappa shape index (κ3) is 7.26. The zero-order chi connectivity index (χ0) is 24.9. The van der Waals surface area contributed by atoms with Crippen LogP contribution in [0.2, 0.25) is 0 Å². The Hall–Kier alpha value is -4.01. The number of unbranched alkanes of at least 4 members (excludes halogenated alkanes) is 2. The second kappa shape index (κ2) is 13.5. The van der Waals surface area contributed by atoms with E-state index in [-0.39, 0.29) is 47.3 Å². The van der Waals surface area contributed by atoms with Crippen molar-refractivity contribution < 1.29 is 29.3 Å². The van der Waals surface area contributed by atoms with Gasteiger partial charge in [-0.05, 0) is 37.8 Å². The number of fused-ring (bicyclic) bond motifs is 1. The zero-order valence-corrected chi connectivity index (χ0v) is 19.0. The molecule has 0 spiro atoms. The van der Waals surface area contributed by atoms with Gasteiger partial charge in [-0.25, -0.2) is 0 Å². The molecule has 2 aromatic carbocycles. The molecule has 2 rings (SSSR count). The van der Waals surface area contributed by atoms with Crippen LogP contribution in [-0.4, -0.2) is 48.3 Å². The quantitative estimate of drug-likeness (QED) is 0.246. The van der Waals surface area contributed by atoms with Crippen LogP contribution >= 0.6 is 0 Å². The van der Waals surface area contributed by atoms with Crippen molar-refractivity contribution in [1.82, 2.24) is 10.6 Å². The van der Waals surface area contributed by atoms with E-state index in [9.17, 15) is 24.6 Å². The van der Waals surface area contributed by atoms with E-state index in [1.165, 1.54) is 24.3 Å². The Labute approximate surface area is 197 Å². The van der Waals surface area contributed by atoms with Gasteiger partial charge in [-0.15, -0.1) is 0 Å². The van der Waals surface area contributed by atoms with Crippen molar-refractivity contribution in [3.63, 3.8) is 0 Å². The van der Waals surface area contributed by atoms with Gasteiger partial charge in [0.1, 0.15) is 0 Å². The third-order valence-electron chi connectivity index (χ3n) is 4.88. The summed E-state index contributed by atoms with van der Waals surface area (Å²) >= 11 is 0. The molecule has 0 fully saturated rings. The zero-order valence-electron chi connectivity index (χ0n) is 19.0. The molecular weight excluding hydrogens is 440 g/mol. The number of hydrogen-bond acceptors (Lipinski definition) is 7. The van der Waals surface area contributed by atoms with E-state index in [2.05, 4.69) is 23.8 Å². The molecule has 0 heterocycles. The van der Waals surface area contributed by atoms with Crippen molar-refractivity contribution in [2.45, 2.75) is 25.7 Å². The van der Waals surface area contributed by atoms with E-state index in [0.717, 1.165) is 0 Å². The first-order valence-corrected chi connectivity index (χ1v) is 11.0. The molecule has 0 aliphatic heterocycles. The second-order valence-corrected chi connectivity index (χ2v) is 7.33. The largest absolute Gasteiger partial charge is 0.504 e. The van der Waals surface area contributed by atoms with Gasteiger partial charge < -0.3 is 30.3 Å². The van der Waals surface area contributed by atoms with Crippen LogP contribution in [0.15, 0.2) is 54.4 Å². The Kier molecular flexibility index (Phi) is 10.4. The van der Waals surface area contributed by atoms with Crippen LogP contribution in [0.5, 0.6) is 23.0 Å². The van der Waals surface area contributed by atoms with E-state index < -0.39 is 16.9 Å². The Balaban J connectivity index is 2.18. The summed E-state index contributed by atoms with van der Waals surface area (Å²) in [7, 11) is 0. The van der Waals surface area contributed by atoms with Crippen LogP contribution in [0, 0.1) is 0 Å². The smallest absolute Gasteiger partial charge is 0.243 e.